The standard InChI is InChI=1S/C21H25N3O3/c1-4-24(5-2)18-9-6-16(7-10-18)21(25)23-22-15(3)17-8-11-19-20(14-17)27-13-12-26-19/h6-11,14,22H,3-5,12-13H2,1-2H3,(H,23,25). The minimum absolute atomic E-state index is 0.222. The first-order chi connectivity index (χ1) is 13.1. The van der Waals surface area contributed by atoms with Crippen molar-refractivity contribution in [2.45, 2.75) is 13.8 Å². The Morgan fingerprint density at radius 2 is 1.59 bits per heavy atom. The molecule has 0 unspecified atom stereocenters. The van der Waals surface area contributed by atoms with Gasteiger partial charge in [0.05, 0.1) is 5.70 Å². The maximum Gasteiger partial charge on any atom is 0.269 e. The topological polar surface area (TPSA) is 62.8 Å². The molecule has 0 aliphatic carbocycles. The molecule has 0 bridgehead atoms. The van der Waals surface area contributed by atoms with Gasteiger partial charge in [-0.3, -0.25) is 15.6 Å². The summed E-state index contributed by atoms with van der Waals surface area (Å²) in [6.07, 6.45) is 0. The number of carbonyl (C=O) groups excluding carboxylic acids is 1. The molecule has 6 nitrogen and oxygen atoms in total. The monoisotopic (exact) mass is 367 g/mol. The van der Waals surface area contributed by atoms with Gasteiger partial charge in [-0.15, -0.1) is 0 Å². The normalized spacial score (nSPS) is 12.2. The number of hydrogen-bond donors (Lipinski definition) is 2. The molecule has 2 aromatic rings. The lowest BCUT2D eigenvalue weighted by Crippen LogP contribution is -2.35. The van der Waals surface area contributed by atoms with E-state index in [1.54, 1.807) is 0 Å². The Morgan fingerprint density at radius 1 is 0.963 bits per heavy atom. The lowest BCUT2D eigenvalue weighted by molar-refractivity contribution is 0.0942. The van der Waals surface area contributed by atoms with Gasteiger partial charge in [-0.05, 0) is 56.3 Å². The number of nitrogens with one attached hydrogen (secondary N) is 2. The third-order valence-electron chi connectivity index (χ3n) is 4.48. The van der Waals surface area contributed by atoms with Gasteiger partial charge in [0.15, 0.2) is 11.5 Å². The maximum absolute atomic E-state index is 12.4. The van der Waals surface area contributed by atoms with Gasteiger partial charge < -0.3 is 14.4 Å². The Balaban J connectivity index is 1.59. The summed E-state index contributed by atoms with van der Waals surface area (Å²) in [5, 5.41) is 0. The maximum atomic E-state index is 12.4. The summed E-state index contributed by atoms with van der Waals surface area (Å²) in [6.45, 7) is 11.1. The van der Waals surface area contributed by atoms with Crippen molar-refractivity contribution in [1.82, 2.24) is 10.9 Å². The Morgan fingerprint density at radius 3 is 2.26 bits per heavy atom. The van der Waals surface area contributed by atoms with Crippen LogP contribution in [0.3, 0.4) is 0 Å². The van der Waals surface area contributed by atoms with E-state index in [-0.39, 0.29) is 5.91 Å². The van der Waals surface area contributed by atoms with Gasteiger partial charge in [-0.2, -0.15) is 0 Å². The number of fused-ring (bicyclic) bond motifs is 1. The van der Waals surface area contributed by atoms with Crippen molar-refractivity contribution in [3.05, 3.63) is 60.2 Å². The van der Waals surface area contributed by atoms with Crippen molar-refractivity contribution in [3.63, 3.8) is 0 Å². The summed E-state index contributed by atoms with van der Waals surface area (Å²) in [5.74, 6) is 1.18. The van der Waals surface area contributed by atoms with E-state index in [1.165, 1.54) is 0 Å². The van der Waals surface area contributed by atoms with Crippen LogP contribution < -0.4 is 25.2 Å². The Labute approximate surface area is 159 Å². The second-order valence-electron chi connectivity index (χ2n) is 6.14. The number of hydrazine groups is 1. The summed E-state index contributed by atoms with van der Waals surface area (Å²) in [5.41, 5.74) is 8.61. The molecule has 0 aromatic heterocycles. The van der Waals surface area contributed by atoms with Gasteiger partial charge >= 0.3 is 0 Å². The fourth-order valence-electron chi connectivity index (χ4n) is 2.92. The van der Waals surface area contributed by atoms with Crippen LogP contribution in [0.25, 0.3) is 5.70 Å². The highest BCUT2D eigenvalue weighted by Crippen LogP contribution is 2.32. The van der Waals surface area contributed by atoms with E-state index in [0.717, 1.165) is 30.1 Å². The van der Waals surface area contributed by atoms with Crippen molar-refractivity contribution in [2.75, 3.05) is 31.2 Å². The lowest BCUT2D eigenvalue weighted by atomic mass is 10.1. The SMILES string of the molecule is C=C(NNC(=O)c1ccc(N(CC)CC)cc1)c1ccc2c(c1)OCCO2. The first kappa shape index (κ1) is 18.6. The molecule has 0 atom stereocenters. The van der Waals surface area contributed by atoms with Gasteiger partial charge in [0.25, 0.3) is 5.91 Å². The highest BCUT2D eigenvalue weighted by molar-refractivity contribution is 5.94. The predicted molar refractivity (Wildman–Crippen MR) is 107 cm³/mol. The predicted octanol–water partition coefficient (Wildman–Crippen LogP) is 3.21. The quantitative estimate of drug-likeness (QED) is 0.736. The number of anilines is 1. The van der Waals surface area contributed by atoms with Crippen molar-refractivity contribution in [1.29, 1.82) is 0 Å². The molecule has 142 valence electrons. The number of ether oxygens (including phenoxy) is 2. The third-order valence-corrected chi connectivity index (χ3v) is 4.48. The van der Waals surface area contributed by atoms with Crippen LogP contribution in [0.4, 0.5) is 5.69 Å². The first-order valence-electron chi connectivity index (χ1n) is 9.12. The van der Waals surface area contributed by atoms with Gasteiger partial charge in [-0.1, -0.05) is 6.58 Å². The lowest BCUT2D eigenvalue weighted by Gasteiger charge is -2.21. The van der Waals surface area contributed by atoms with E-state index >= 15 is 0 Å². The van der Waals surface area contributed by atoms with Crippen LogP contribution in [-0.4, -0.2) is 32.2 Å². The second-order valence-corrected chi connectivity index (χ2v) is 6.14. The summed E-state index contributed by atoms with van der Waals surface area (Å²) >= 11 is 0. The van der Waals surface area contributed by atoms with E-state index in [2.05, 4.69) is 36.2 Å². The summed E-state index contributed by atoms with van der Waals surface area (Å²) < 4.78 is 11.1. The number of nitrogens with zero attached hydrogens (tertiary/aromatic N) is 1. The molecule has 1 amide bonds. The molecule has 0 saturated heterocycles. The van der Waals surface area contributed by atoms with Crippen molar-refractivity contribution in [3.8, 4) is 11.5 Å². The van der Waals surface area contributed by atoms with Crippen LogP contribution in [0, 0.1) is 0 Å². The molecule has 3 rings (SSSR count). The molecule has 1 aliphatic heterocycles. The number of rotatable bonds is 7. The highest BCUT2D eigenvalue weighted by atomic mass is 16.6. The summed E-state index contributed by atoms with van der Waals surface area (Å²) in [6, 6.07) is 13.1. The largest absolute Gasteiger partial charge is 0.486 e. The van der Waals surface area contributed by atoms with E-state index in [4.69, 9.17) is 9.47 Å². The smallest absolute Gasteiger partial charge is 0.269 e. The van der Waals surface area contributed by atoms with Gasteiger partial charge in [-0.25, -0.2) is 0 Å². The zero-order valence-electron chi connectivity index (χ0n) is 15.7. The Kier molecular flexibility index (Phi) is 5.86. The van der Waals surface area contributed by atoms with Crippen LogP contribution in [-0.2, 0) is 0 Å². The first-order valence-corrected chi connectivity index (χ1v) is 9.12. The van der Waals surface area contributed by atoms with Gasteiger partial charge in [0.2, 0.25) is 0 Å². The molecule has 1 heterocycles. The number of amides is 1. The van der Waals surface area contributed by atoms with Crippen molar-refractivity contribution < 1.29 is 14.3 Å². The van der Waals surface area contributed by atoms with Crippen LogP contribution in [0.5, 0.6) is 11.5 Å². The van der Waals surface area contributed by atoms with Crippen LogP contribution in [0.2, 0.25) is 0 Å². The molecule has 0 spiro atoms. The molecular weight excluding hydrogens is 342 g/mol. The minimum atomic E-state index is -0.222. The van der Waals surface area contributed by atoms with Crippen molar-refractivity contribution in [2.24, 2.45) is 0 Å². The zero-order chi connectivity index (χ0) is 19.2. The number of carbonyl (C=O) groups is 1. The Bertz CT molecular complexity index is 814. The average Bonchev–Trinajstić information content (AvgIpc) is 2.72. The average molecular weight is 367 g/mol. The molecule has 2 aromatic carbocycles. The fourth-order valence-corrected chi connectivity index (χ4v) is 2.92. The van der Waals surface area contributed by atoms with E-state index in [1.807, 2.05) is 42.5 Å². The van der Waals surface area contributed by atoms with Crippen LogP contribution >= 0.6 is 0 Å². The minimum Gasteiger partial charge on any atom is -0.486 e. The van der Waals surface area contributed by atoms with E-state index in [0.29, 0.717) is 30.2 Å². The molecule has 1 aliphatic rings. The van der Waals surface area contributed by atoms with Crippen LogP contribution in [0.1, 0.15) is 29.8 Å². The molecule has 6 heteroatoms. The fraction of sp³-hybridized carbons (Fsp3) is 0.286. The molecule has 0 saturated carbocycles. The molecule has 2 N–H and O–H groups in total. The second kappa shape index (κ2) is 8.49. The van der Waals surface area contributed by atoms with Crippen LogP contribution in [0.15, 0.2) is 49.0 Å². The van der Waals surface area contributed by atoms with E-state index in [9.17, 15) is 4.79 Å². The van der Waals surface area contributed by atoms with E-state index < -0.39 is 0 Å². The Hall–Kier alpha value is -3.15. The molecular formula is C21H25N3O3. The number of hydrogen-bond acceptors (Lipinski definition) is 5. The highest BCUT2D eigenvalue weighted by Gasteiger charge is 2.13. The number of benzene rings is 2. The van der Waals surface area contributed by atoms with Gasteiger partial charge in [0.1, 0.15) is 13.2 Å². The summed E-state index contributed by atoms with van der Waals surface area (Å²) in [4.78, 5) is 14.6. The zero-order valence-corrected chi connectivity index (χ0v) is 15.7. The van der Waals surface area contributed by atoms with Crippen molar-refractivity contribution >= 4 is 17.3 Å². The summed E-state index contributed by atoms with van der Waals surface area (Å²) in [7, 11) is 0. The van der Waals surface area contributed by atoms with Gasteiger partial charge in [0, 0.05) is 29.9 Å². The third kappa shape index (κ3) is 4.34. The molecule has 0 fully saturated rings. The molecule has 27 heavy (non-hydrogen) atoms. The molecule has 0 radical (unpaired) electrons.